The molecular formula is C38H35F6N3O4. The number of aryl methyl sites for hydroxylation is 4. The van der Waals surface area contributed by atoms with E-state index in [1.54, 1.807) is 32.0 Å². The zero-order valence-electron chi connectivity index (χ0n) is 28.2. The normalized spacial score (nSPS) is 12.7. The summed E-state index contributed by atoms with van der Waals surface area (Å²) >= 11 is 0. The molecule has 2 N–H and O–H groups in total. The van der Waals surface area contributed by atoms with Crippen LogP contribution >= 0.6 is 0 Å². The van der Waals surface area contributed by atoms with Crippen LogP contribution in [0.15, 0.2) is 59.7 Å². The van der Waals surface area contributed by atoms with Crippen molar-refractivity contribution in [3.05, 3.63) is 122 Å². The van der Waals surface area contributed by atoms with E-state index in [9.17, 15) is 37.1 Å². The number of hydrogen-bond donors (Lipinski definition) is 2. The van der Waals surface area contributed by atoms with Gasteiger partial charge in [-0.25, -0.2) is 13.2 Å². The number of carboxylic acids is 1. The van der Waals surface area contributed by atoms with E-state index in [0.717, 1.165) is 29.0 Å². The van der Waals surface area contributed by atoms with Gasteiger partial charge >= 0.3 is 12.1 Å². The molecule has 0 aliphatic carbocycles. The topological polar surface area (TPSA) is 101 Å². The number of benzene rings is 2. The van der Waals surface area contributed by atoms with Crippen LogP contribution in [0.4, 0.5) is 26.3 Å². The average Bonchev–Trinajstić information content (AvgIpc) is 3.03. The van der Waals surface area contributed by atoms with Crippen LogP contribution in [0.5, 0.6) is 0 Å². The van der Waals surface area contributed by atoms with Gasteiger partial charge in [0.05, 0.1) is 18.0 Å². The van der Waals surface area contributed by atoms with Gasteiger partial charge in [0.15, 0.2) is 0 Å². The van der Waals surface area contributed by atoms with E-state index in [0.29, 0.717) is 11.8 Å². The smallest absolute Gasteiger partial charge is 0.416 e. The highest BCUT2D eigenvalue weighted by Crippen LogP contribution is 2.38. The van der Waals surface area contributed by atoms with Gasteiger partial charge in [-0.2, -0.15) is 13.2 Å². The number of nitrogens with zero attached hydrogens (tertiary/aromatic N) is 2. The van der Waals surface area contributed by atoms with Crippen LogP contribution in [0.3, 0.4) is 0 Å². The lowest BCUT2D eigenvalue weighted by Crippen LogP contribution is -2.41. The summed E-state index contributed by atoms with van der Waals surface area (Å²) in [5.74, 6) is -3.95. The minimum atomic E-state index is -4.90. The summed E-state index contributed by atoms with van der Waals surface area (Å²) in [5.41, 5.74) is -2.97. The Morgan fingerprint density at radius 2 is 1.69 bits per heavy atom. The Morgan fingerprint density at radius 1 is 1.02 bits per heavy atom. The van der Waals surface area contributed by atoms with Gasteiger partial charge in [-0.15, -0.1) is 6.42 Å². The summed E-state index contributed by atoms with van der Waals surface area (Å²) in [6.07, 6.45) is 1.83. The van der Waals surface area contributed by atoms with E-state index in [4.69, 9.17) is 6.42 Å². The van der Waals surface area contributed by atoms with Gasteiger partial charge in [0.25, 0.3) is 5.56 Å². The molecule has 1 amide bonds. The van der Waals surface area contributed by atoms with E-state index in [2.05, 4.69) is 16.2 Å². The third-order valence-corrected chi connectivity index (χ3v) is 8.38. The molecule has 0 saturated carbocycles. The highest BCUT2D eigenvalue weighted by atomic mass is 19.4. The number of alkyl halides is 3. The van der Waals surface area contributed by atoms with Crippen LogP contribution in [0.1, 0.15) is 77.8 Å². The van der Waals surface area contributed by atoms with Crippen molar-refractivity contribution >= 4 is 11.9 Å². The molecule has 0 bridgehead atoms. The molecule has 0 fully saturated rings. The molecule has 13 heteroatoms. The van der Waals surface area contributed by atoms with Crippen molar-refractivity contribution in [3.63, 3.8) is 0 Å². The minimum Gasteiger partial charge on any atom is -0.481 e. The zero-order chi connectivity index (χ0) is 37.8. The maximum Gasteiger partial charge on any atom is 0.416 e. The van der Waals surface area contributed by atoms with Gasteiger partial charge in [0.2, 0.25) is 5.91 Å². The molecule has 2 heterocycles. The first-order valence-corrected chi connectivity index (χ1v) is 15.9. The molecule has 4 aromatic rings. The Kier molecular flexibility index (Phi) is 11.8. The third-order valence-electron chi connectivity index (χ3n) is 8.38. The first-order chi connectivity index (χ1) is 23.9. The average molecular weight is 712 g/mol. The Hall–Kier alpha value is -5.38. The molecule has 2 aromatic heterocycles. The molecule has 2 aromatic carbocycles. The van der Waals surface area contributed by atoms with Crippen molar-refractivity contribution < 1.29 is 41.0 Å². The molecule has 0 unspecified atom stereocenters. The number of nitrogens with one attached hydrogen (secondary N) is 1. The molecule has 0 radical (unpaired) electrons. The molecule has 0 aliphatic heterocycles. The molecular weight excluding hydrogens is 676 g/mol. The van der Waals surface area contributed by atoms with Crippen LogP contribution < -0.4 is 10.9 Å². The van der Waals surface area contributed by atoms with Gasteiger partial charge in [0, 0.05) is 40.8 Å². The van der Waals surface area contributed by atoms with Crippen molar-refractivity contribution in [1.82, 2.24) is 14.9 Å². The van der Waals surface area contributed by atoms with Gasteiger partial charge in [-0.1, -0.05) is 25.8 Å². The third kappa shape index (κ3) is 8.86. The van der Waals surface area contributed by atoms with Gasteiger partial charge in [0.1, 0.15) is 23.5 Å². The second-order valence-corrected chi connectivity index (χ2v) is 12.6. The fraction of sp³-hybridized carbons (Fsp3) is 0.316. The second-order valence-electron chi connectivity index (χ2n) is 12.6. The van der Waals surface area contributed by atoms with E-state index in [-0.39, 0.29) is 58.6 Å². The number of amides is 1. The maximum atomic E-state index is 16.6. The molecule has 7 nitrogen and oxygen atoms in total. The Morgan fingerprint density at radius 3 is 2.24 bits per heavy atom. The van der Waals surface area contributed by atoms with Crippen molar-refractivity contribution in [2.45, 2.75) is 71.6 Å². The largest absolute Gasteiger partial charge is 0.481 e. The quantitative estimate of drug-likeness (QED) is 0.116. The van der Waals surface area contributed by atoms with Crippen LogP contribution in [-0.2, 0) is 28.6 Å². The molecule has 4 rings (SSSR count). The number of aromatic nitrogens is 2. The predicted octanol–water partition coefficient (Wildman–Crippen LogP) is 7.65. The first kappa shape index (κ1) is 38.4. The van der Waals surface area contributed by atoms with Gasteiger partial charge < -0.3 is 15.0 Å². The lowest BCUT2D eigenvalue weighted by molar-refractivity contribution is -0.139. The zero-order valence-corrected chi connectivity index (χ0v) is 28.2. The first-order valence-electron chi connectivity index (χ1n) is 15.9. The number of carbonyl (C=O) groups excluding carboxylic acids is 1. The minimum absolute atomic E-state index is 0.0748. The standard InChI is InChI=1S/C38H35F6N3O4/c1-6-23-16-28(40)35(36(41)34(23)33-21(4)14-25(39)15-22(33)5)29(18-32(49)50)46-37(51)30(13-20(2)3)47-19-24(10-11-26-9-7-8-12-45-26)27(17-31(47)48)38(42,43)44/h1,7-9,12,14-17,19-20,29-30H,10-11,13,18H2,2-5H3,(H,46,51)(H,49,50)/t29-,30-/m1/s1. The SMILES string of the molecule is C#Cc1cc(F)c([C@@H](CC(=O)O)NC(=O)[C@@H](CC(C)C)n2cc(CCc3ccccn3)c(C(F)(F)F)cc2=O)c(F)c1-c1c(C)cc(F)cc1C. The highest BCUT2D eigenvalue weighted by Gasteiger charge is 2.36. The predicted molar refractivity (Wildman–Crippen MR) is 178 cm³/mol. The van der Waals surface area contributed by atoms with E-state index in [1.165, 1.54) is 20.0 Å². The Balaban J connectivity index is 1.84. The Bertz CT molecular complexity index is 2030. The number of aliphatic carboxylic acids is 1. The highest BCUT2D eigenvalue weighted by molar-refractivity contribution is 5.83. The van der Waals surface area contributed by atoms with Crippen molar-refractivity contribution in [2.75, 3.05) is 0 Å². The summed E-state index contributed by atoms with van der Waals surface area (Å²) in [5, 5.41) is 12.1. The van der Waals surface area contributed by atoms with Crippen molar-refractivity contribution in [1.29, 1.82) is 0 Å². The number of carbonyl (C=O) groups is 2. The number of carboxylic acid groups (broad SMARTS) is 1. The van der Waals surface area contributed by atoms with Crippen LogP contribution in [0, 0.1) is 49.6 Å². The fourth-order valence-corrected chi connectivity index (χ4v) is 6.19. The monoisotopic (exact) mass is 711 g/mol. The van der Waals surface area contributed by atoms with Crippen LogP contribution in [0.2, 0.25) is 0 Å². The molecule has 268 valence electrons. The molecule has 0 saturated heterocycles. The van der Waals surface area contributed by atoms with E-state index < -0.39 is 70.7 Å². The van der Waals surface area contributed by atoms with Crippen molar-refractivity contribution in [2.24, 2.45) is 5.92 Å². The van der Waals surface area contributed by atoms with Gasteiger partial charge in [-0.05, 0) is 91.6 Å². The number of halogens is 6. The van der Waals surface area contributed by atoms with Gasteiger partial charge in [-0.3, -0.25) is 19.4 Å². The lowest BCUT2D eigenvalue weighted by Gasteiger charge is -2.27. The number of terminal acetylenes is 1. The summed E-state index contributed by atoms with van der Waals surface area (Å²) in [7, 11) is 0. The number of hydrogen-bond acceptors (Lipinski definition) is 4. The fourth-order valence-electron chi connectivity index (χ4n) is 6.19. The molecule has 0 aliphatic rings. The summed E-state index contributed by atoms with van der Waals surface area (Å²) in [4.78, 5) is 43.4. The Labute approximate surface area is 290 Å². The molecule has 0 spiro atoms. The van der Waals surface area contributed by atoms with E-state index >= 15 is 8.78 Å². The summed E-state index contributed by atoms with van der Waals surface area (Å²) in [6.45, 7) is 6.33. The molecule has 2 atom stereocenters. The number of rotatable bonds is 12. The van der Waals surface area contributed by atoms with Crippen LogP contribution in [-0.4, -0.2) is 26.5 Å². The summed E-state index contributed by atoms with van der Waals surface area (Å²) < 4.78 is 89.5. The second kappa shape index (κ2) is 15.7. The number of pyridine rings is 2. The van der Waals surface area contributed by atoms with Crippen molar-refractivity contribution in [3.8, 4) is 23.5 Å². The van der Waals surface area contributed by atoms with Crippen LogP contribution in [0.25, 0.3) is 11.1 Å². The summed E-state index contributed by atoms with van der Waals surface area (Å²) in [6, 6.07) is 4.98. The maximum absolute atomic E-state index is 16.6. The molecule has 51 heavy (non-hydrogen) atoms. The lowest BCUT2D eigenvalue weighted by atomic mass is 9.88. The van der Waals surface area contributed by atoms with E-state index in [1.807, 2.05) is 0 Å².